The Morgan fingerprint density at radius 2 is 1.94 bits per heavy atom. The van der Waals surface area contributed by atoms with Gasteiger partial charge in [0.25, 0.3) is 0 Å². The Balaban J connectivity index is 1.75. The van der Waals surface area contributed by atoms with Gasteiger partial charge in [-0.2, -0.15) is 24.4 Å². The second kappa shape index (κ2) is 5.43. The molecule has 2 aliphatic rings. The summed E-state index contributed by atoms with van der Waals surface area (Å²) < 4.78 is 0.327. The number of thiol groups is 1. The van der Waals surface area contributed by atoms with Crippen LogP contribution >= 0.6 is 24.4 Å². The van der Waals surface area contributed by atoms with E-state index in [2.05, 4.69) is 24.2 Å². The first-order valence-electron chi connectivity index (χ1n) is 6.56. The van der Waals surface area contributed by atoms with Crippen molar-refractivity contribution in [2.75, 3.05) is 18.6 Å². The number of rotatable bonds is 6. The van der Waals surface area contributed by atoms with Crippen LogP contribution < -0.4 is 5.32 Å². The van der Waals surface area contributed by atoms with E-state index in [0.29, 0.717) is 11.2 Å². The van der Waals surface area contributed by atoms with Crippen LogP contribution in [0, 0.1) is 5.41 Å². The van der Waals surface area contributed by atoms with E-state index in [9.17, 15) is 4.79 Å². The van der Waals surface area contributed by atoms with Gasteiger partial charge in [0.2, 0.25) is 5.91 Å². The maximum Gasteiger partial charge on any atom is 0.220 e. The minimum Gasteiger partial charge on any atom is -0.355 e. The molecule has 0 saturated heterocycles. The van der Waals surface area contributed by atoms with Gasteiger partial charge in [0.05, 0.1) is 0 Å². The maximum absolute atomic E-state index is 11.9. The van der Waals surface area contributed by atoms with E-state index in [1.165, 1.54) is 38.5 Å². The molecule has 0 heterocycles. The topological polar surface area (TPSA) is 29.1 Å². The first-order chi connectivity index (χ1) is 8.14. The molecular weight excluding hydrogens is 250 g/mol. The predicted octanol–water partition coefficient (Wildman–Crippen LogP) is 2.88. The van der Waals surface area contributed by atoms with Crippen molar-refractivity contribution < 1.29 is 4.79 Å². The van der Waals surface area contributed by atoms with Crippen LogP contribution in [0.5, 0.6) is 0 Å². The third-order valence-corrected chi connectivity index (χ3v) is 6.47. The minimum absolute atomic E-state index is 0.233. The summed E-state index contributed by atoms with van der Waals surface area (Å²) in [5.74, 6) is 1.09. The molecule has 1 amide bonds. The molecular formula is C13H23NOS2. The van der Waals surface area contributed by atoms with Gasteiger partial charge < -0.3 is 5.32 Å². The molecule has 0 aromatic rings. The first-order valence-corrected chi connectivity index (χ1v) is 8.42. The lowest BCUT2D eigenvalue weighted by Crippen LogP contribution is -2.39. The zero-order chi connectivity index (χ0) is 12.4. The van der Waals surface area contributed by atoms with Crippen LogP contribution in [0.25, 0.3) is 0 Å². The third kappa shape index (κ3) is 3.34. The zero-order valence-electron chi connectivity index (χ0n) is 10.6. The molecule has 2 nitrogen and oxygen atoms in total. The Kier molecular flexibility index (Phi) is 4.35. The number of thioether (sulfide) groups is 1. The third-order valence-electron chi connectivity index (χ3n) is 4.38. The average molecular weight is 273 g/mol. The highest BCUT2D eigenvalue weighted by Gasteiger charge is 2.43. The Morgan fingerprint density at radius 1 is 1.29 bits per heavy atom. The van der Waals surface area contributed by atoms with E-state index >= 15 is 0 Å². The van der Waals surface area contributed by atoms with Crippen molar-refractivity contribution in [2.45, 2.75) is 49.7 Å². The van der Waals surface area contributed by atoms with Crippen molar-refractivity contribution >= 4 is 30.3 Å². The van der Waals surface area contributed by atoms with Gasteiger partial charge in [-0.1, -0.05) is 12.8 Å². The van der Waals surface area contributed by atoms with E-state index in [1.54, 1.807) is 0 Å². The fourth-order valence-corrected chi connectivity index (χ4v) is 4.04. The molecule has 0 unspecified atom stereocenters. The molecule has 2 aliphatic carbocycles. The Morgan fingerprint density at radius 3 is 2.41 bits per heavy atom. The summed E-state index contributed by atoms with van der Waals surface area (Å²) >= 11 is 6.28. The number of nitrogens with one attached hydrogen (secondary N) is 1. The fourth-order valence-electron chi connectivity index (χ4n) is 2.70. The van der Waals surface area contributed by atoms with Crippen LogP contribution in [-0.4, -0.2) is 29.2 Å². The molecule has 0 atom stereocenters. The quantitative estimate of drug-likeness (QED) is 0.729. The summed E-state index contributed by atoms with van der Waals surface area (Å²) in [6.07, 6.45) is 10.4. The van der Waals surface area contributed by atoms with Gasteiger partial charge in [0, 0.05) is 17.7 Å². The standard InChI is InChI=1S/C13H23NOS2/c1-17-13(4-2-3-5-13)9-14-11(15)8-12(10-16)6-7-12/h16H,2-10H2,1H3,(H,14,15). The molecule has 0 aromatic carbocycles. The van der Waals surface area contributed by atoms with E-state index in [1.807, 2.05) is 11.8 Å². The Labute approximate surface area is 114 Å². The molecule has 0 radical (unpaired) electrons. The van der Waals surface area contributed by atoms with Crippen molar-refractivity contribution in [3.63, 3.8) is 0 Å². The van der Waals surface area contributed by atoms with Crippen molar-refractivity contribution in [2.24, 2.45) is 5.41 Å². The highest BCUT2D eigenvalue weighted by Crippen LogP contribution is 2.49. The van der Waals surface area contributed by atoms with Crippen LogP contribution in [0.1, 0.15) is 44.9 Å². The Bertz CT molecular complexity index is 283. The van der Waals surface area contributed by atoms with Crippen molar-refractivity contribution in [3.8, 4) is 0 Å². The lowest BCUT2D eigenvalue weighted by atomic mass is 10.0. The SMILES string of the molecule is CSC1(CNC(=O)CC2(CS)CC2)CCCC1. The van der Waals surface area contributed by atoms with Crippen molar-refractivity contribution in [1.29, 1.82) is 0 Å². The number of hydrogen-bond acceptors (Lipinski definition) is 3. The summed E-state index contributed by atoms with van der Waals surface area (Å²) in [4.78, 5) is 11.9. The molecule has 2 rings (SSSR count). The summed E-state index contributed by atoms with van der Waals surface area (Å²) in [6.45, 7) is 0.857. The lowest BCUT2D eigenvalue weighted by Gasteiger charge is -2.27. The molecule has 0 aromatic heterocycles. The Hall–Kier alpha value is 0.170. The molecule has 1 N–H and O–H groups in total. The minimum atomic E-state index is 0.233. The predicted molar refractivity (Wildman–Crippen MR) is 77.9 cm³/mol. The normalized spacial score (nSPS) is 24.6. The number of hydrogen-bond donors (Lipinski definition) is 2. The second-order valence-electron chi connectivity index (χ2n) is 5.71. The fraction of sp³-hybridized carbons (Fsp3) is 0.923. The molecule has 4 heteroatoms. The van der Waals surface area contributed by atoms with Gasteiger partial charge in [-0.15, -0.1) is 0 Å². The lowest BCUT2D eigenvalue weighted by molar-refractivity contribution is -0.122. The van der Waals surface area contributed by atoms with Gasteiger partial charge in [-0.3, -0.25) is 4.79 Å². The molecule has 0 bridgehead atoms. The molecule has 17 heavy (non-hydrogen) atoms. The number of carbonyl (C=O) groups excluding carboxylic acids is 1. The van der Waals surface area contributed by atoms with Crippen LogP contribution in [0.3, 0.4) is 0 Å². The van der Waals surface area contributed by atoms with Crippen LogP contribution in [0.2, 0.25) is 0 Å². The van der Waals surface area contributed by atoms with Gasteiger partial charge >= 0.3 is 0 Å². The highest BCUT2D eigenvalue weighted by molar-refractivity contribution is 8.00. The largest absolute Gasteiger partial charge is 0.355 e. The maximum atomic E-state index is 11.9. The van der Waals surface area contributed by atoms with Crippen LogP contribution in [-0.2, 0) is 4.79 Å². The molecule has 2 saturated carbocycles. The van der Waals surface area contributed by atoms with Gasteiger partial charge in [0.15, 0.2) is 0 Å². The second-order valence-corrected chi connectivity index (χ2v) is 7.30. The van der Waals surface area contributed by atoms with Crippen molar-refractivity contribution in [1.82, 2.24) is 5.32 Å². The average Bonchev–Trinajstić information content (AvgIpc) is 2.95. The highest BCUT2D eigenvalue weighted by atomic mass is 32.2. The van der Waals surface area contributed by atoms with Gasteiger partial charge in [-0.05, 0) is 43.1 Å². The zero-order valence-corrected chi connectivity index (χ0v) is 12.3. The van der Waals surface area contributed by atoms with E-state index in [0.717, 1.165) is 12.3 Å². The summed E-state index contributed by atoms with van der Waals surface area (Å²) in [6, 6.07) is 0. The number of amides is 1. The van der Waals surface area contributed by atoms with Crippen LogP contribution in [0.4, 0.5) is 0 Å². The van der Waals surface area contributed by atoms with E-state index < -0.39 is 0 Å². The first kappa shape index (κ1) is 13.6. The van der Waals surface area contributed by atoms with Crippen LogP contribution in [0.15, 0.2) is 0 Å². The summed E-state index contributed by atoms with van der Waals surface area (Å²) in [5, 5.41) is 3.15. The van der Waals surface area contributed by atoms with Gasteiger partial charge in [0.1, 0.15) is 0 Å². The monoisotopic (exact) mass is 273 g/mol. The van der Waals surface area contributed by atoms with Gasteiger partial charge in [-0.25, -0.2) is 0 Å². The molecule has 2 fully saturated rings. The molecule has 0 spiro atoms. The smallest absolute Gasteiger partial charge is 0.220 e. The van der Waals surface area contributed by atoms with E-state index in [4.69, 9.17) is 0 Å². The summed E-state index contributed by atoms with van der Waals surface area (Å²) in [7, 11) is 0. The summed E-state index contributed by atoms with van der Waals surface area (Å²) in [5.41, 5.74) is 0.245. The molecule has 0 aliphatic heterocycles. The van der Waals surface area contributed by atoms with E-state index in [-0.39, 0.29) is 11.3 Å². The molecule has 98 valence electrons. The van der Waals surface area contributed by atoms with Crippen molar-refractivity contribution in [3.05, 3.63) is 0 Å². The number of carbonyl (C=O) groups is 1.